The Labute approximate surface area is 121 Å². The molecule has 5 nitrogen and oxygen atoms in total. The third-order valence-electron chi connectivity index (χ3n) is 3.69. The van der Waals surface area contributed by atoms with Crippen LogP contribution < -0.4 is 0 Å². The second kappa shape index (κ2) is 5.36. The van der Waals surface area contributed by atoms with Gasteiger partial charge in [-0.15, -0.1) is 0 Å². The van der Waals surface area contributed by atoms with E-state index in [4.69, 9.17) is 0 Å². The molecular weight excluding hydrogens is 268 g/mol. The number of aromatic carboxylic acids is 1. The van der Waals surface area contributed by atoms with Crippen molar-refractivity contribution in [3.8, 4) is 0 Å². The van der Waals surface area contributed by atoms with Crippen LogP contribution >= 0.6 is 0 Å². The van der Waals surface area contributed by atoms with E-state index in [0.29, 0.717) is 30.6 Å². The van der Waals surface area contributed by atoms with Gasteiger partial charge in [0.15, 0.2) is 0 Å². The molecule has 0 aliphatic carbocycles. The number of carbonyl (C=O) groups is 2. The number of carboxylic acids is 1. The van der Waals surface area contributed by atoms with Gasteiger partial charge in [0, 0.05) is 25.5 Å². The van der Waals surface area contributed by atoms with Crippen LogP contribution in [0, 0.1) is 0 Å². The number of benzene rings is 1. The van der Waals surface area contributed by atoms with Crippen LogP contribution in [0.3, 0.4) is 0 Å². The van der Waals surface area contributed by atoms with Gasteiger partial charge < -0.3 is 10.0 Å². The fourth-order valence-electron chi connectivity index (χ4n) is 2.66. The molecule has 0 spiro atoms. The molecule has 1 aliphatic rings. The van der Waals surface area contributed by atoms with Gasteiger partial charge in [-0.1, -0.05) is 12.1 Å². The van der Waals surface area contributed by atoms with Crippen molar-refractivity contribution in [1.29, 1.82) is 0 Å². The normalized spacial score (nSPS) is 13.6. The van der Waals surface area contributed by atoms with E-state index in [0.717, 1.165) is 11.1 Å². The van der Waals surface area contributed by atoms with Crippen LogP contribution in [0.15, 0.2) is 42.7 Å². The minimum absolute atomic E-state index is 0.0746. The van der Waals surface area contributed by atoms with Crippen molar-refractivity contribution in [2.24, 2.45) is 0 Å². The lowest BCUT2D eigenvalue weighted by atomic mass is 9.94. The SMILES string of the molecule is O=C(O)c1cccc2c1CCN(C(=O)c1cccnc1)C2. The van der Waals surface area contributed by atoms with Crippen LogP contribution in [0.1, 0.15) is 31.8 Å². The van der Waals surface area contributed by atoms with Crippen molar-refractivity contribution in [2.45, 2.75) is 13.0 Å². The monoisotopic (exact) mass is 282 g/mol. The maximum absolute atomic E-state index is 12.4. The maximum atomic E-state index is 12.4. The van der Waals surface area contributed by atoms with Crippen LogP contribution in [-0.4, -0.2) is 33.4 Å². The van der Waals surface area contributed by atoms with Crippen LogP contribution in [0.2, 0.25) is 0 Å². The van der Waals surface area contributed by atoms with Gasteiger partial charge in [-0.05, 0) is 35.7 Å². The lowest BCUT2D eigenvalue weighted by Crippen LogP contribution is -2.36. The Morgan fingerprint density at radius 3 is 2.76 bits per heavy atom. The topological polar surface area (TPSA) is 70.5 Å². The van der Waals surface area contributed by atoms with Crippen molar-refractivity contribution >= 4 is 11.9 Å². The van der Waals surface area contributed by atoms with E-state index in [1.807, 2.05) is 6.07 Å². The summed E-state index contributed by atoms with van der Waals surface area (Å²) in [7, 11) is 0. The summed E-state index contributed by atoms with van der Waals surface area (Å²) < 4.78 is 0. The molecule has 0 saturated carbocycles. The number of hydrogen-bond donors (Lipinski definition) is 1. The number of amides is 1. The molecule has 2 heterocycles. The Morgan fingerprint density at radius 1 is 1.19 bits per heavy atom. The zero-order valence-corrected chi connectivity index (χ0v) is 11.3. The zero-order valence-electron chi connectivity index (χ0n) is 11.3. The number of pyridine rings is 1. The number of carboxylic acid groups (broad SMARTS) is 1. The Morgan fingerprint density at radius 2 is 2.05 bits per heavy atom. The Kier molecular flexibility index (Phi) is 3.39. The van der Waals surface area contributed by atoms with Crippen LogP contribution in [0.25, 0.3) is 0 Å². The molecule has 3 rings (SSSR count). The summed E-state index contributed by atoms with van der Waals surface area (Å²) in [5.74, 6) is -0.992. The van der Waals surface area contributed by atoms with Gasteiger partial charge in [0.25, 0.3) is 5.91 Å². The zero-order chi connectivity index (χ0) is 14.8. The van der Waals surface area contributed by atoms with E-state index in [-0.39, 0.29) is 5.91 Å². The fourth-order valence-corrected chi connectivity index (χ4v) is 2.66. The van der Waals surface area contributed by atoms with Crippen molar-refractivity contribution in [3.05, 3.63) is 65.0 Å². The molecule has 1 aromatic carbocycles. The first-order valence-corrected chi connectivity index (χ1v) is 6.70. The van der Waals surface area contributed by atoms with Gasteiger partial charge in [-0.25, -0.2) is 4.79 Å². The number of nitrogens with zero attached hydrogens (tertiary/aromatic N) is 2. The van der Waals surface area contributed by atoms with Gasteiger partial charge >= 0.3 is 5.97 Å². The largest absolute Gasteiger partial charge is 0.478 e. The van der Waals surface area contributed by atoms with E-state index < -0.39 is 5.97 Å². The first-order chi connectivity index (χ1) is 10.2. The first-order valence-electron chi connectivity index (χ1n) is 6.70. The molecule has 1 aliphatic heterocycles. The second-order valence-electron chi connectivity index (χ2n) is 4.97. The van der Waals surface area contributed by atoms with E-state index in [2.05, 4.69) is 4.98 Å². The van der Waals surface area contributed by atoms with Gasteiger partial charge in [0.1, 0.15) is 0 Å². The van der Waals surface area contributed by atoms with Gasteiger partial charge in [0.05, 0.1) is 11.1 Å². The fraction of sp³-hybridized carbons (Fsp3) is 0.188. The molecule has 2 aromatic rings. The summed E-state index contributed by atoms with van der Waals surface area (Å²) >= 11 is 0. The highest BCUT2D eigenvalue weighted by Gasteiger charge is 2.24. The predicted octanol–water partition coefficient (Wildman–Crippen LogP) is 1.98. The van der Waals surface area contributed by atoms with Crippen molar-refractivity contribution in [2.75, 3.05) is 6.54 Å². The van der Waals surface area contributed by atoms with Crippen molar-refractivity contribution in [1.82, 2.24) is 9.88 Å². The lowest BCUT2D eigenvalue weighted by molar-refractivity contribution is 0.0694. The van der Waals surface area contributed by atoms with Gasteiger partial charge in [-0.3, -0.25) is 9.78 Å². The number of hydrogen-bond acceptors (Lipinski definition) is 3. The number of fused-ring (bicyclic) bond motifs is 1. The molecule has 0 fully saturated rings. The van der Waals surface area contributed by atoms with Crippen LogP contribution in [-0.2, 0) is 13.0 Å². The molecule has 21 heavy (non-hydrogen) atoms. The third-order valence-corrected chi connectivity index (χ3v) is 3.69. The van der Waals surface area contributed by atoms with Crippen LogP contribution in [0.4, 0.5) is 0 Å². The highest BCUT2D eigenvalue weighted by Crippen LogP contribution is 2.23. The van der Waals surface area contributed by atoms with Crippen molar-refractivity contribution in [3.63, 3.8) is 0 Å². The molecule has 0 radical (unpaired) electrons. The highest BCUT2D eigenvalue weighted by molar-refractivity contribution is 5.94. The smallest absolute Gasteiger partial charge is 0.335 e. The molecule has 0 unspecified atom stereocenters. The number of rotatable bonds is 2. The van der Waals surface area contributed by atoms with E-state index in [9.17, 15) is 14.7 Å². The maximum Gasteiger partial charge on any atom is 0.335 e. The van der Waals surface area contributed by atoms with E-state index in [1.165, 1.54) is 0 Å². The van der Waals surface area contributed by atoms with E-state index >= 15 is 0 Å². The minimum atomic E-state index is -0.918. The number of carbonyl (C=O) groups excluding carboxylic acids is 1. The summed E-state index contributed by atoms with van der Waals surface area (Å²) in [5.41, 5.74) is 2.62. The molecule has 5 heteroatoms. The summed E-state index contributed by atoms with van der Waals surface area (Å²) in [6.07, 6.45) is 3.73. The molecule has 106 valence electrons. The molecule has 1 aromatic heterocycles. The highest BCUT2D eigenvalue weighted by atomic mass is 16.4. The van der Waals surface area contributed by atoms with Crippen LogP contribution in [0.5, 0.6) is 0 Å². The number of aromatic nitrogens is 1. The predicted molar refractivity (Wildman–Crippen MR) is 76.1 cm³/mol. The second-order valence-corrected chi connectivity index (χ2v) is 4.97. The van der Waals surface area contributed by atoms with E-state index in [1.54, 1.807) is 41.6 Å². The average molecular weight is 282 g/mol. The van der Waals surface area contributed by atoms with Gasteiger partial charge in [0.2, 0.25) is 0 Å². The Balaban J connectivity index is 1.87. The molecular formula is C16H14N2O3. The first kappa shape index (κ1) is 13.3. The molecule has 0 saturated heterocycles. The quantitative estimate of drug-likeness (QED) is 0.914. The Hall–Kier alpha value is -2.69. The average Bonchev–Trinajstić information content (AvgIpc) is 2.53. The Bertz CT molecular complexity index is 698. The molecule has 0 bridgehead atoms. The van der Waals surface area contributed by atoms with Gasteiger partial charge in [-0.2, -0.15) is 0 Å². The lowest BCUT2D eigenvalue weighted by Gasteiger charge is -2.29. The molecule has 1 N–H and O–H groups in total. The summed E-state index contributed by atoms with van der Waals surface area (Å²) in [5, 5.41) is 9.21. The summed E-state index contributed by atoms with van der Waals surface area (Å²) in [4.78, 5) is 29.3. The minimum Gasteiger partial charge on any atom is -0.478 e. The standard InChI is InChI=1S/C16H14N2O3/c19-15(11-4-2-7-17-9-11)18-8-6-13-12(10-18)3-1-5-14(13)16(20)21/h1-5,7,9H,6,8,10H2,(H,20,21). The molecule has 1 amide bonds. The molecule has 0 atom stereocenters. The summed E-state index contributed by atoms with van der Waals surface area (Å²) in [6.45, 7) is 0.954. The summed E-state index contributed by atoms with van der Waals surface area (Å²) in [6, 6.07) is 8.68. The van der Waals surface area contributed by atoms with Crippen molar-refractivity contribution < 1.29 is 14.7 Å². The third kappa shape index (κ3) is 2.50.